The lowest BCUT2D eigenvalue weighted by Gasteiger charge is -2.32. The van der Waals surface area contributed by atoms with Crippen LogP contribution in [0.5, 0.6) is 17.2 Å². The number of amides is 3. The topological polar surface area (TPSA) is 484 Å². The van der Waals surface area contributed by atoms with Gasteiger partial charge in [0.25, 0.3) is 5.91 Å². The van der Waals surface area contributed by atoms with Gasteiger partial charge in [-0.3, -0.25) is 48.4 Å². The number of pyridine rings is 1. The Balaban J connectivity index is 1.52. The third-order valence-corrected chi connectivity index (χ3v) is 18.5. The molecule has 0 unspecified atom stereocenters. The summed E-state index contributed by atoms with van der Waals surface area (Å²) in [5, 5.41) is 37.4. The molecule has 0 aliphatic carbocycles. The molecule has 2 heterocycles. The fraction of sp³-hybridized carbons (Fsp3) is 0.809. The van der Waals surface area contributed by atoms with Crippen molar-refractivity contribution in [1.82, 2.24) is 35.6 Å². The van der Waals surface area contributed by atoms with Gasteiger partial charge in [0.15, 0.2) is 23.9 Å². The van der Waals surface area contributed by atoms with E-state index in [0.717, 1.165) is 13.0 Å². The first-order valence-electron chi connectivity index (χ1n) is 46.6. The maximum absolute atomic E-state index is 14.2. The molecule has 782 valence electrons. The zero-order valence-corrected chi connectivity index (χ0v) is 79.9. The summed E-state index contributed by atoms with van der Waals surface area (Å²) in [6, 6.07) is 8.85. The third kappa shape index (κ3) is 79.8. The zero-order chi connectivity index (χ0) is 96.7. The lowest BCUT2D eigenvalue weighted by Crippen LogP contribution is -2.50. The van der Waals surface area contributed by atoms with E-state index in [1.54, 1.807) is 33.8 Å². The van der Waals surface area contributed by atoms with Crippen molar-refractivity contribution in [2.45, 2.75) is 19.4 Å². The highest BCUT2D eigenvalue weighted by Crippen LogP contribution is 2.39. The number of hydrogen-bond donors (Lipinski definition) is 6. The van der Waals surface area contributed by atoms with E-state index in [2.05, 4.69) is 20.5 Å². The Bertz CT molecular complexity index is 2970. The van der Waals surface area contributed by atoms with E-state index in [4.69, 9.17) is 137 Å². The highest BCUT2D eigenvalue weighted by atomic mass is 16.6. The van der Waals surface area contributed by atoms with Gasteiger partial charge in [-0.25, -0.2) is 4.57 Å². The number of benzene rings is 1. The number of aryl methyl sites for hydroxylation is 1. The summed E-state index contributed by atoms with van der Waals surface area (Å²) in [6.07, 6.45) is 5.14. The van der Waals surface area contributed by atoms with Gasteiger partial charge < -0.3 is 169 Å². The van der Waals surface area contributed by atoms with E-state index in [0.29, 0.717) is 284 Å². The minimum Gasteiger partial charge on any atom is -0.487 e. The largest absolute Gasteiger partial charge is 0.487 e. The summed E-state index contributed by atoms with van der Waals surface area (Å²) in [4.78, 5) is 82.2. The van der Waals surface area contributed by atoms with Gasteiger partial charge in [0.1, 0.15) is 26.4 Å². The van der Waals surface area contributed by atoms with E-state index in [-0.39, 0.29) is 193 Å². The van der Waals surface area contributed by atoms with Crippen LogP contribution >= 0.6 is 0 Å². The van der Waals surface area contributed by atoms with Crippen molar-refractivity contribution < 1.29 is 186 Å². The van der Waals surface area contributed by atoms with E-state index >= 15 is 0 Å². The number of carboxylic acids is 3. The first-order valence-corrected chi connectivity index (χ1v) is 46.6. The molecule has 0 saturated carbocycles. The van der Waals surface area contributed by atoms with Crippen LogP contribution in [0.2, 0.25) is 0 Å². The fourth-order valence-corrected chi connectivity index (χ4v) is 11.6. The first-order chi connectivity index (χ1) is 66.4. The summed E-state index contributed by atoms with van der Waals surface area (Å²) in [6.45, 7) is 20.3. The van der Waals surface area contributed by atoms with Crippen LogP contribution < -0.4 is 34.7 Å². The predicted molar refractivity (Wildman–Crippen MR) is 484 cm³/mol. The lowest BCUT2D eigenvalue weighted by atomic mass is 10.1. The smallest absolute Gasteiger partial charge is 0.317 e. The van der Waals surface area contributed by atoms with E-state index in [1.807, 2.05) is 30.6 Å². The Kier molecular flexibility index (Phi) is 85.0. The molecule has 1 aliphatic heterocycles. The maximum Gasteiger partial charge on any atom is 0.317 e. The molecule has 46 heteroatoms. The third-order valence-electron chi connectivity index (χ3n) is 18.5. The second-order valence-corrected chi connectivity index (χ2v) is 29.2. The van der Waals surface area contributed by atoms with Crippen molar-refractivity contribution in [2.75, 3.05) is 456 Å². The van der Waals surface area contributed by atoms with Gasteiger partial charge in [0.2, 0.25) is 17.6 Å². The second-order valence-electron chi connectivity index (χ2n) is 29.2. The maximum atomic E-state index is 14.2. The van der Waals surface area contributed by atoms with Crippen molar-refractivity contribution in [3.8, 4) is 17.2 Å². The van der Waals surface area contributed by atoms with Crippen LogP contribution in [0.15, 0.2) is 42.7 Å². The number of hydrogen-bond acceptors (Lipinski definition) is 39. The monoisotopic (exact) mass is 1950 g/mol. The minimum atomic E-state index is -1.09. The molecule has 6 N–H and O–H groups in total. The summed E-state index contributed by atoms with van der Waals surface area (Å²) < 4.78 is 165. The molecule has 2 aromatic rings. The van der Waals surface area contributed by atoms with Gasteiger partial charge in [0.05, 0.1) is 363 Å². The lowest BCUT2D eigenvalue weighted by molar-refractivity contribution is -0.697. The molecule has 1 aliphatic rings. The van der Waals surface area contributed by atoms with Crippen LogP contribution in [0.3, 0.4) is 0 Å². The Morgan fingerprint density at radius 1 is 0.281 bits per heavy atom. The molecule has 1 aromatic heterocycles. The van der Waals surface area contributed by atoms with Crippen LogP contribution in [-0.2, 0) is 154 Å². The van der Waals surface area contributed by atoms with Gasteiger partial charge in [-0.1, -0.05) is 6.07 Å². The van der Waals surface area contributed by atoms with Crippen molar-refractivity contribution in [3.63, 3.8) is 0 Å². The van der Waals surface area contributed by atoms with Crippen molar-refractivity contribution in [2.24, 2.45) is 0 Å². The Labute approximate surface area is 795 Å². The molecular formula is C89H159N8O38+. The average molecular weight is 1950 g/mol. The number of aliphatic carboxylic acids is 3. The van der Waals surface area contributed by atoms with Gasteiger partial charge in [-0.05, 0) is 12.1 Å². The van der Waals surface area contributed by atoms with Gasteiger partial charge in [-0.2, -0.15) is 0 Å². The molecule has 0 radical (unpaired) electrons. The molecule has 3 rings (SSSR count). The van der Waals surface area contributed by atoms with Gasteiger partial charge in [0, 0.05) is 104 Å². The number of ether oxygens (including phenoxy) is 29. The standard InChI is InChI=1S/C89H158N8O38/c1-107-21-23-110-27-29-113-33-35-116-39-41-119-45-47-121-49-52-124-55-58-127-61-64-130-67-70-133-81-73-80(89(106)92-79-91-84(99)75-94-12-14-95(76-85(100)101)16-18-97(78-87(104)105)19-17-96(15-13-94)77-86(102)103)74-82(134-71-68-131-65-62-128-59-56-125-53-50-122-48-46-120-42-40-117-36-34-114-30-28-111-24-22-108-2)88(81)135-72-69-132-66-63-129-60-57-126-54-51-123-44-43-118-38-37-115-32-31-112-26-25-109-20-7-83(98)90-8-6-11-93-9-4-3-5-10-93/h3-5,9-10,73-74H,6-8,11-72,75-79H2,1-2H3,(H5-,90,91,92,98,99,100,101,102,103,104,105,106)/p+1. The molecular weight excluding hydrogens is 1790 g/mol. The quantitative estimate of drug-likeness (QED) is 0.0254. The molecule has 0 atom stereocenters. The summed E-state index contributed by atoms with van der Waals surface area (Å²) in [5.74, 6) is -4.07. The SMILES string of the molecule is COCCOCCOCCOCCOCCOCCOCCOCCOCCOc1cc(C(=O)NCNC(=O)CN2CCN(CC(=O)O)CCN(CC(=O)O)CCN(CC(=O)O)CC2)cc(OCCOCCOCCOCCOCCOCCOCCOCCOCCOC)c1OCCOCCOCCOCCOCCOCCOCCOCCOCCC(=O)NCCC[n+]1ccccc1. The molecule has 0 bridgehead atoms. The molecule has 1 saturated heterocycles. The second kappa shape index (κ2) is 93.7. The van der Waals surface area contributed by atoms with E-state index in [9.17, 15) is 44.1 Å². The number of nitrogens with one attached hydrogen (secondary N) is 3. The van der Waals surface area contributed by atoms with Crippen molar-refractivity contribution in [3.05, 3.63) is 48.3 Å². The first kappa shape index (κ1) is 123. The predicted octanol–water partition coefficient (Wildman–Crippen LogP) is -1.32. The number of methoxy groups -OCH3 is 2. The molecule has 0 spiro atoms. The number of rotatable bonds is 99. The number of nitrogens with zero attached hydrogens (tertiary/aromatic N) is 5. The molecule has 1 aromatic carbocycles. The summed E-state index contributed by atoms with van der Waals surface area (Å²) in [7, 11) is 3.25. The van der Waals surface area contributed by atoms with Crippen molar-refractivity contribution >= 4 is 35.6 Å². The Morgan fingerprint density at radius 3 is 0.778 bits per heavy atom. The molecule has 3 amide bonds. The molecule has 1 fully saturated rings. The number of carbonyl (C=O) groups excluding carboxylic acids is 3. The van der Waals surface area contributed by atoms with Crippen LogP contribution in [0.25, 0.3) is 0 Å². The molecule has 46 nitrogen and oxygen atoms in total. The van der Waals surface area contributed by atoms with Crippen molar-refractivity contribution in [1.29, 1.82) is 0 Å². The Hall–Kier alpha value is -6.61. The molecule has 135 heavy (non-hydrogen) atoms. The van der Waals surface area contributed by atoms with Gasteiger partial charge >= 0.3 is 17.9 Å². The highest BCUT2D eigenvalue weighted by Gasteiger charge is 2.24. The van der Waals surface area contributed by atoms with Crippen LogP contribution in [0.1, 0.15) is 23.2 Å². The van der Waals surface area contributed by atoms with E-state index in [1.165, 1.54) is 12.1 Å². The van der Waals surface area contributed by atoms with Crippen LogP contribution in [0.4, 0.5) is 0 Å². The fourth-order valence-electron chi connectivity index (χ4n) is 11.6. The summed E-state index contributed by atoms with van der Waals surface area (Å²) >= 11 is 0. The average Bonchev–Trinajstić information content (AvgIpc) is 0.812. The normalized spacial score (nSPS) is 13.3. The van der Waals surface area contributed by atoms with E-state index < -0.39 is 29.7 Å². The Morgan fingerprint density at radius 2 is 0.519 bits per heavy atom. The highest BCUT2D eigenvalue weighted by molar-refractivity contribution is 5.96. The van der Waals surface area contributed by atoms with Gasteiger partial charge in [-0.15, -0.1) is 0 Å². The van der Waals surface area contributed by atoms with Crippen LogP contribution in [0, 0.1) is 0 Å². The minimum absolute atomic E-state index is 0.00227. The zero-order valence-electron chi connectivity index (χ0n) is 79.9. The van der Waals surface area contributed by atoms with Crippen LogP contribution in [-0.4, -0.2) is 527 Å². The summed E-state index contributed by atoms with van der Waals surface area (Å²) in [5.41, 5.74) is 0.0602. The number of carbonyl (C=O) groups is 6. The number of carboxylic acid groups (broad SMARTS) is 3. The number of aromatic nitrogens is 1.